The fourth-order valence-electron chi connectivity index (χ4n) is 6.69. The molecule has 0 aliphatic carbocycles. The molecule has 0 saturated carbocycles. The highest BCUT2D eigenvalue weighted by Gasteiger charge is 2.39. The van der Waals surface area contributed by atoms with Crippen molar-refractivity contribution in [3.05, 3.63) is 75.7 Å². The second-order valence-electron chi connectivity index (χ2n) is 12.2. The molecule has 40 heavy (non-hydrogen) atoms. The largest absolute Gasteiger partial charge is 0.349 e. The lowest BCUT2D eigenvalue weighted by molar-refractivity contribution is -0.136. The van der Waals surface area contributed by atoms with Crippen LogP contribution in [0.4, 0.5) is 0 Å². The number of nitrogens with zero attached hydrogens (tertiary/aromatic N) is 2. The summed E-state index contributed by atoms with van der Waals surface area (Å²) in [5.41, 5.74) is 8.48. The molecule has 214 valence electrons. The minimum atomic E-state index is -0.518. The predicted octanol–water partition coefficient (Wildman–Crippen LogP) is 7.35. The van der Waals surface area contributed by atoms with Gasteiger partial charge in [0.25, 0.3) is 0 Å². The Kier molecular flexibility index (Phi) is 8.58. The van der Waals surface area contributed by atoms with Crippen LogP contribution in [0.25, 0.3) is 11.3 Å². The monoisotopic (exact) mass is 558 g/mol. The Labute approximate surface area is 245 Å². The maximum absolute atomic E-state index is 13.5. The molecule has 6 heteroatoms. The van der Waals surface area contributed by atoms with E-state index >= 15 is 0 Å². The number of nitrogens with one attached hydrogen (secondary N) is 2. The molecule has 2 aromatic rings. The summed E-state index contributed by atoms with van der Waals surface area (Å²) < 4.78 is 0. The summed E-state index contributed by atoms with van der Waals surface area (Å²) in [6, 6.07) is 6.81. The van der Waals surface area contributed by atoms with E-state index in [-0.39, 0.29) is 7.33 Å². The van der Waals surface area contributed by atoms with Gasteiger partial charge in [-0.2, -0.15) is 0 Å². The lowest BCUT2D eigenvalue weighted by atomic mass is 9.89. The van der Waals surface area contributed by atoms with Crippen molar-refractivity contribution in [1.82, 2.24) is 14.8 Å². The second-order valence-corrected chi connectivity index (χ2v) is 13.3. The van der Waals surface area contributed by atoms with Crippen molar-refractivity contribution in [2.45, 2.75) is 64.8 Å². The van der Waals surface area contributed by atoms with Gasteiger partial charge in [0.15, 0.2) is 0 Å². The van der Waals surface area contributed by atoms with Crippen LogP contribution in [0.1, 0.15) is 56.8 Å². The highest BCUT2D eigenvalue weighted by molar-refractivity contribution is 8.03. The normalized spacial score (nSPS) is 20.0. The van der Waals surface area contributed by atoms with Crippen LogP contribution in [0, 0.1) is 30.6 Å². The van der Waals surface area contributed by atoms with E-state index in [1.807, 2.05) is 12.2 Å². The molecule has 1 aromatic heterocycles. The van der Waals surface area contributed by atoms with Gasteiger partial charge >= 0.3 is 0 Å². The average Bonchev–Trinajstić information content (AvgIpc) is 3.69. The molecule has 3 aliphatic heterocycles. The van der Waals surface area contributed by atoms with E-state index in [4.69, 9.17) is 5.41 Å². The fourth-order valence-corrected chi connectivity index (χ4v) is 7.90. The maximum Gasteiger partial charge on any atom is 0.233 e. The number of hydrogen-bond acceptors (Lipinski definition) is 4. The molecule has 1 aromatic carbocycles. The minimum absolute atomic E-state index is 0. The number of aryl methyl sites for hydroxylation is 2. The fraction of sp³-hybridized carbons (Fsp3) is 0.471. The third kappa shape index (κ3) is 5.80. The molecule has 0 spiro atoms. The zero-order valence-electron chi connectivity index (χ0n) is 24.6. The Hall–Kier alpha value is -2.83. The first-order valence-electron chi connectivity index (χ1n) is 14.8. The summed E-state index contributed by atoms with van der Waals surface area (Å²) in [7, 11) is 0. The molecular formula is C34H46N4OS. The van der Waals surface area contributed by atoms with Gasteiger partial charge in [-0.3, -0.25) is 4.79 Å². The lowest BCUT2D eigenvalue weighted by Crippen LogP contribution is -2.40. The molecule has 1 amide bonds. The summed E-state index contributed by atoms with van der Waals surface area (Å²) in [6.45, 7) is 17.4. The Bertz CT molecular complexity index is 1340. The molecule has 0 radical (unpaired) electrons. The van der Waals surface area contributed by atoms with Crippen molar-refractivity contribution in [3.63, 3.8) is 0 Å². The molecule has 2 fully saturated rings. The molecular weight excluding hydrogens is 512 g/mol. The average molecular weight is 559 g/mol. The number of allylic oxidation sites excluding steroid dienone is 3. The Morgan fingerprint density at radius 2 is 1.93 bits per heavy atom. The van der Waals surface area contributed by atoms with Gasteiger partial charge in [-0.05, 0) is 113 Å². The zero-order valence-corrected chi connectivity index (χ0v) is 25.4. The summed E-state index contributed by atoms with van der Waals surface area (Å²) in [5.74, 6) is 0.711. The SMILES string of the molecule is C=C/C(=C\C=N)C1CCN(CCc2c(-c3cc(C)cc(C)c3)[nH]c3c2CC=C(C(C)(C)C(=O)N2CCCC2)S3)C1.[HH]. The van der Waals surface area contributed by atoms with E-state index in [0.717, 1.165) is 69.7 Å². The quantitative estimate of drug-likeness (QED) is 0.250. The number of likely N-dealkylation sites (tertiary alicyclic amines) is 2. The van der Waals surface area contributed by atoms with Gasteiger partial charge in [-0.25, -0.2) is 0 Å². The van der Waals surface area contributed by atoms with E-state index in [1.54, 1.807) is 11.8 Å². The topological polar surface area (TPSA) is 63.2 Å². The number of fused-ring (bicyclic) bond motifs is 1. The number of carbonyl (C=O) groups excluding carboxylic acids is 1. The third-order valence-electron chi connectivity index (χ3n) is 8.87. The van der Waals surface area contributed by atoms with Crippen molar-refractivity contribution in [3.8, 4) is 11.3 Å². The number of carbonyl (C=O) groups is 1. The summed E-state index contributed by atoms with van der Waals surface area (Å²) >= 11 is 1.76. The molecule has 1 atom stereocenters. The van der Waals surface area contributed by atoms with Crippen LogP contribution in [-0.4, -0.2) is 59.6 Å². The van der Waals surface area contributed by atoms with Crippen LogP contribution in [0.2, 0.25) is 0 Å². The number of H-pyrrole nitrogens is 1. The second kappa shape index (κ2) is 12.0. The van der Waals surface area contributed by atoms with E-state index in [9.17, 15) is 4.79 Å². The van der Waals surface area contributed by atoms with Crippen LogP contribution in [0.3, 0.4) is 0 Å². The first kappa shape index (κ1) is 28.7. The van der Waals surface area contributed by atoms with Gasteiger partial charge in [-0.15, -0.1) is 0 Å². The van der Waals surface area contributed by atoms with Gasteiger partial charge in [0.05, 0.1) is 10.4 Å². The van der Waals surface area contributed by atoms with Gasteiger partial charge in [0, 0.05) is 44.4 Å². The standard InChI is InChI=1S/C34H44N4OS.H2/c1-6-25(11-14-35)26-12-17-37(22-26)18-13-28-29-9-10-30(34(4,5)33(39)38-15-7-8-16-38)40-32(29)36-31(28)27-20-23(2)19-24(3)21-27;/h6,10-11,14,19-21,26,35-36H,1,7-9,12-13,15-18,22H2,2-5H3;1H/b25-11+,35-14?;. The molecule has 0 bridgehead atoms. The number of aromatic nitrogens is 1. The van der Waals surface area contributed by atoms with Crippen LogP contribution in [0.5, 0.6) is 0 Å². The molecule has 3 aliphatic rings. The number of benzene rings is 1. The number of aromatic amines is 1. The van der Waals surface area contributed by atoms with Crippen LogP contribution >= 0.6 is 11.8 Å². The smallest absolute Gasteiger partial charge is 0.233 e. The highest BCUT2D eigenvalue weighted by Crippen LogP contribution is 2.47. The van der Waals surface area contributed by atoms with Crippen molar-refractivity contribution in [2.75, 3.05) is 32.7 Å². The van der Waals surface area contributed by atoms with Crippen LogP contribution in [-0.2, 0) is 17.6 Å². The Morgan fingerprint density at radius 1 is 1.20 bits per heavy atom. The van der Waals surface area contributed by atoms with E-state index in [0.29, 0.717) is 5.92 Å². The number of hydrogen-bond donors (Lipinski definition) is 2. The van der Waals surface area contributed by atoms with Gasteiger partial charge in [-0.1, -0.05) is 47.7 Å². The summed E-state index contributed by atoms with van der Waals surface area (Å²) in [6.07, 6.45) is 12.7. The first-order valence-corrected chi connectivity index (χ1v) is 15.6. The number of rotatable bonds is 9. The first-order chi connectivity index (χ1) is 19.2. The summed E-state index contributed by atoms with van der Waals surface area (Å²) in [4.78, 5) is 23.1. The molecule has 5 nitrogen and oxygen atoms in total. The van der Waals surface area contributed by atoms with E-state index in [1.165, 1.54) is 50.3 Å². The Balaban J connectivity index is 0.00000387. The minimum Gasteiger partial charge on any atom is -0.349 e. The lowest BCUT2D eigenvalue weighted by Gasteiger charge is -2.32. The van der Waals surface area contributed by atoms with E-state index in [2.05, 4.69) is 73.3 Å². The summed E-state index contributed by atoms with van der Waals surface area (Å²) in [5, 5.41) is 8.68. The van der Waals surface area contributed by atoms with Gasteiger partial charge in [0.2, 0.25) is 5.91 Å². The molecule has 4 heterocycles. The van der Waals surface area contributed by atoms with Crippen LogP contribution in [0.15, 0.2) is 58.5 Å². The van der Waals surface area contributed by atoms with Crippen molar-refractivity contribution >= 4 is 23.9 Å². The van der Waals surface area contributed by atoms with Crippen molar-refractivity contribution in [1.29, 1.82) is 5.41 Å². The highest BCUT2D eigenvalue weighted by atomic mass is 32.2. The molecule has 5 rings (SSSR count). The van der Waals surface area contributed by atoms with Gasteiger partial charge in [0.1, 0.15) is 0 Å². The third-order valence-corrected chi connectivity index (χ3v) is 10.3. The maximum atomic E-state index is 13.5. The Morgan fingerprint density at radius 3 is 2.60 bits per heavy atom. The van der Waals surface area contributed by atoms with Gasteiger partial charge < -0.3 is 20.2 Å². The molecule has 2 saturated heterocycles. The van der Waals surface area contributed by atoms with E-state index < -0.39 is 5.41 Å². The van der Waals surface area contributed by atoms with Crippen molar-refractivity contribution in [2.24, 2.45) is 11.3 Å². The molecule has 2 N–H and O–H groups in total. The zero-order chi connectivity index (χ0) is 28.4. The number of amides is 1. The molecule has 1 unspecified atom stereocenters. The number of thioether (sulfide) groups is 1. The van der Waals surface area contributed by atoms with Crippen molar-refractivity contribution < 1.29 is 6.22 Å². The van der Waals surface area contributed by atoms with Crippen LogP contribution < -0.4 is 0 Å². The predicted molar refractivity (Wildman–Crippen MR) is 170 cm³/mol.